The third-order valence-electron chi connectivity index (χ3n) is 1.53. The van der Waals surface area contributed by atoms with Crippen molar-refractivity contribution in [3.05, 3.63) is 12.2 Å². The summed E-state index contributed by atoms with van der Waals surface area (Å²) in [5.74, 6) is 0. The Kier molecular flexibility index (Phi) is 8.58. The first kappa shape index (κ1) is 10.2. The van der Waals surface area contributed by atoms with Crippen LogP contribution in [0.3, 0.4) is 0 Å². The summed E-state index contributed by atoms with van der Waals surface area (Å²) in [5.41, 5.74) is 0. The fourth-order valence-corrected chi connectivity index (χ4v) is 0.869. The van der Waals surface area contributed by atoms with E-state index < -0.39 is 0 Å². The normalized spacial score (nSPS) is 10.2. The van der Waals surface area contributed by atoms with Gasteiger partial charge in [0.15, 0.2) is 0 Å². The lowest BCUT2D eigenvalue weighted by Gasteiger charge is -1.89. The van der Waals surface area contributed by atoms with Crippen molar-refractivity contribution in [2.24, 2.45) is 0 Å². The molecule has 0 bridgehead atoms. The van der Waals surface area contributed by atoms with E-state index >= 15 is 0 Å². The maximum absolute atomic E-state index is 8.24. The highest BCUT2D eigenvalue weighted by atomic mass is 14.2. The van der Waals surface area contributed by atoms with Crippen LogP contribution in [0.15, 0.2) is 12.2 Å². The van der Waals surface area contributed by atoms with Crippen molar-refractivity contribution in [3.8, 4) is 6.07 Å². The topological polar surface area (TPSA) is 23.8 Å². The van der Waals surface area contributed by atoms with Crippen LogP contribution in [0.1, 0.15) is 45.4 Å². The highest BCUT2D eigenvalue weighted by Gasteiger charge is 1.83. The molecule has 1 nitrogen and oxygen atoms in total. The summed E-state index contributed by atoms with van der Waals surface area (Å²) in [7, 11) is 0. The fourth-order valence-electron chi connectivity index (χ4n) is 0.869. The lowest BCUT2D eigenvalue weighted by atomic mass is 10.2. The molecule has 0 atom stereocenters. The third-order valence-corrected chi connectivity index (χ3v) is 1.53. The molecule has 62 valence electrons. The Morgan fingerprint density at radius 3 is 2.55 bits per heavy atom. The van der Waals surface area contributed by atoms with Gasteiger partial charge in [-0.3, -0.25) is 0 Å². The molecular formula is C10H17N. The zero-order valence-corrected chi connectivity index (χ0v) is 7.34. The van der Waals surface area contributed by atoms with Crippen LogP contribution >= 0.6 is 0 Å². The summed E-state index contributed by atoms with van der Waals surface area (Å²) in [6.45, 7) is 2.18. The number of nitriles is 1. The van der Waals surface area contributed by atoms with Gasteiger partial charge in [-0.15, -0.1) is 0 Å². The average molecular weight is 151 g/mol. The Hall–Kier alpha value is -0.770. The Morgan fingerprint density at radius 2 is 1.91 bits per heavy atom. The number of nitrogens with zero attached hydrogens (tertiary/aromatic N) is 1. The Balaban J connectivity index is 2.96. The summed E-state index contributed by atoms with van der Waals surface area (Å²) in [6, 6.07) is 2.15. The Morgan fingerprint density at radius 1 is 1.18 bits per heavy atom. The van der Waals surface area contributed by atoms with Crippen molar-refractivity contribution < 1.29 is 0 Å². The van der Waals surface area contributed by atoms with Gasteiger partial charge in [0.05, 0.1) is 6.07 Å². The maximum Gasteiger partial charge on any atom is 0.0621 e. The van der Waals surface area contributed by atoms with E-state index in [1.807, 2.05) is 0 Å². The Labute approximate surface area is 69.7 Å². The van der Waals surface area contributed by atoms with Gasteiger partial charge in [-0.2, -0.15) is 5.26 Å². The lowest BCUT2D eigenvalue weighted by molar-refractivity contribution is 0.765. The first-order chi connectivity index (χ1) is 5.41. The highest BCUT2D eigenvalue weighted by molar-refractivity contribution is 4.81. The second-order valence-corrected chi connectivity index (χ2v) is 2.66. The third kappa shape index (κ3) is 9.23. The number of unbranched alkanes of at least 4 members (excludes halogenated alkanes) is 4. The smallest absolute Gasteiger partial charge is 0.0621 e. The van der Waals surface area contributed by atoms with E-state index in [4.69, 9.17) is 5.26 Å². The van der Waals surface area contributed by atoms with Gasteiger partial charge in [0.25, 0.3) is 0 Å². The van der Waals surface area contributed by atoms with Crippen molar-refractivity contribution in [3.63, 3.8) is 0 Å². The molecule has 1 heteroatoms. The molecule has 0 unspecified atom stereocenters. The van der Waals surface area contributed by atoms with E-state index in [0.29, 0.717) is 6.42 Å². The van der Waals surface area contributed by atoms with Crippen LogP contribution in [-0.4, -0.2) is 0 Å². The molecule has 11 heavy (non-hydrogen) atoms. The summed E-state index contributed by atoms with van der Waals surface area (Å²) >= 11 is 0. The van der Waals surface area contributed by atoms with Crippen LogP contribution in [-0.2, 0) is 0 Å². The molecular weight excluding hydrogens is 134 g/mol. The lowest BCUT2D eigenvalue weighted by Crippen LogP contribution is -1.72. The SMILES string of the molecule is CCCC=CCCCCC#N. The zero-order valence-electron chi connectivity index (χ0n) is 7.34. The van der Waals surface area contributed by atoms with Gasteiger partial charge in [-0.25, -0.2) is 0 Å². The predicted molar refractivity (Wildman–Crippen MR) is 48.1 cm³/mol. The standard InChI is InChI=1S/C10H17N/c1-2-3-4-5-6-7-8-9-10-11/h4-5H,2-3,6-9H2,1H3. The average Bonchev–Trinajstić information content (AvgIpc) is 2.03. The Bertz CT molecular complexity index is 130. The molecule has 0 rings (SSSR count). The van der Waals surface area contributed by atoms with E-state index in [9.17, 15) is 0 Å². The molecule has 0 aromatic rings. The van der Waals surface area contributed by atoms with E-state index in [2.05, 4.69) is 25.1 Å². The number of rotatable bonds is 6. The molecule has 0 radical (unpaired) electrons. The first-order valence-corrected chi connectivity index (χ1v) is 4.43. The van der Waals surface area contributed by atoms with Crippen molar-refractivity contribution in [1.29, 1.82) is 5.26 Å². The van der Waals surface area contributed by atoms with Crippen LogP contribution in [0.25, 0.3) is 0 Å². The molecule has 0 saturated carbocycles. The van der Waals surface area contributed by atoms with Gasteiger partial charge in [-0.05, 0) is 25.7 Å². The van der Waals surface area contributed by atoms with E-state index in [-0.39, 0.29) is 0 Å². The summed E-state index contributed by atoms with van der Waals surface area (Å²) in [5, 5.41) is 8.24. The van der Waals surface area contributed by atoms with Gasteiger partial charge in [-0.1, -0.05) is 25.5 Å². The van der Waals surface area contributed by atoms with E-state index in [0.717, 1.165) is 19.3 Å². The van der Waals surface area contributed by atoms with Crippen LogP contribution in [0.2, 0.25) is 0 Å². The molecule has 0 aliphatic carbocycles. The number of hydrogen-bond acceptors (Lipinski definition) is 1. The van der Waals surface area contributed by atoms with Crippen LogP contribution in [0.4, 0.5) is 0 Å². The fraction of sp³-hybridized carbons (Fsp3) is 0.700. The molecule has 0 N–H and O–H groups in total. The zero-order chi connectivity index (χ0) is 8.36. The van der Waals surface area contributed by atoms with Gasteiger partial charge in [0.2, 0.25) is 0 Å². The second-order valence-electron chi connectivity index (χ2n) is 2.66. The van der Waals surface area contributed by atoms with Crippen molar-refractivity contribution in [2.75, 3.05) is 0 Å². The monoisotopic (exact) mass is 151 g/mol. The van der Waals surface area contributed by atoms with Crippen molar-refractivity contribution in [1.82, 2.24) is 0 Å². The van der Waals surface area contributed by atoms with Crippen molar-refractivity contribution in [2.45, 2.75) is 45.4 Å². The number of allylic oxidation sites excluding steroid dienone is 2. The molecule has 0 heterocycles. The summed E-state index contributed by atoms with van der Waals surface area (Å²) in [4.78, 5) is 0. The summed E-state index contributed by atoms with van der Waals surface area (Å²) in [6.07, 6.45) is 10.9. The number of hydrogen-bond donors (Lipinski definition) is 0. The largest absolute Gasteiger partial charge is 0.198 e. The minimum Gasteiger partial charge on any atom is -0.198 e. The van der Waals surface area contributed by atoms with Crippen LogP contribution in [0, 0.1) is 11.3 Å². The van der Waals surface area contributed by atoms with Crippen LogP contribution < -0.4 is 0 Å². The predicted octanol–water partition coefficient (Wildman–Crippen LogP) is 3.43. The molecule has 0 aliphatic heterocycles. The van der Waals surface area contributed by atoms with Gasteiger partial charge in [0, 0.05) is 6.42 Å². The van der Waals surface area contributed by atoms with Gasteiger partial charge in [0.1, 0.15) is 0 Å². The van der Waals surface area contributed by atoms with Crippen LogP contribution in [0.5, 0.6) is 0 Å². The van der Waals surface area contributed by atoms with Gasteiger partial charge < -0.3 is 0 Å². The summed E-state index contributed by atoms with van der Waals surface area (Å²) < 4.78 is 0. The molecule has 0 saturated heterocycles. The molecule has 0 aromatic carbocycles. The second kappa shape index (κ2) is 9.23. The molecule has 0 amide bonds. The molecule has 0 aliphatic rings. The first-order valence-electron chi connectivity index (χ1n) is 4.43. The van der Waals surface area contributed by atoms with E-state index in [1.165, 1.54) is 12.8 Å². The van der Waals surface area contributed by atoms with Gasteiger partial charge >= 0.3 is 0 Å². The minimum atomic E-state index is 0.710. The quantitative estimate of drug-likeness (QED) is 0.421. The minimum absolute atomic E-state index is 0.710. The molecule has 0 fully saturated rings. The van der Waals surface area contributed by atoms with Crippen molar-refractivity contribution >= 4 is 0 Å². The molecule has 0 aromatic heterocycles. The molecule has 0 spiro atoms. The van der Waals surface area contributed by atoms with E-state index in [1.54, 1.807) is 0 Å². The highest BCUT2D eigenvalue weighted by Crippen LogP contribution is 2.00. The maximum atomic E-state index is 8.24.